The van der Waals surface area contributed by atoms with Gasteiger partial charge in [0, 0.05) is 6.54 Å². The largest absolute Gasteiger partial charge is 0.573 e. The molecule has 0 heterocycles. The fourth-order valence-electron chi connectivity index (χ4n) is 2.12. The Balaban J connectivity index is 1.92. The van der Waals surface area contributed by atoms with E-state index in [-0.39, 0.29) is 29.6 Å². The van der Waals surface area contributed by atoms with Crippen LogP contribution in [0.4, 0.5) is 18.9 Å². The topological polar surface area (TPSA) is 106 Å². The van der Waals surface area contributed by atoms with E-state index in [0.717, 1.165) is 11.6 Å². The molecule has 0 radical (unpaired) electrons. The first-order valence-electron chi connectivity index (χ1n) is 8.05. The van der Waals surface area contributed by atoms with Crippen LogP contribution in [0.5, 0.6) is 5.75 Å². The van der Waals surface area contributed by atoms with Crippen molar-refractivity contribution in [3.63, 3.8) is 0 Å². The molecule has 2 aromatic rings. The molecule has 0 aliphatic heterocycles. The lowest BCUT2D eigenvalue weighted by molar-refractivity contribution is -0.274. The third-order valence-corrected chi connectivity index (χ3v) is 4.87. The summed E-state index contributed by atoms with van der Waals surface area (Å²) in [6.45, 7) is 1.78. The van der Waals surface area contributed by atoms with Crippen molar-refractivity contribution in [1.82, 2.24) is 4.72 Å². The zero-order valence-corrected chi connectivity index (χ0v) is 15.6. The van der Waals surface area contributed by atoms with E-state index in [9.17, 15) is 21.6 Å². The van der Waals surface area contributed by atoms with Crippen LogP contribution in [0.2, 0.25) is 0 Å². The number of sulfonamides is 1. The number of aryl methyl sites for hydroxylation is 1. The summed E-state index contributed by atoms with van der Waals surface area (Å²) in [5.41, 5.74) is 6.54. The number of rotatable bonds is 7. The number of hydrogen-bond donors (Lipinski definition) is 3. The van der Waals surface area contributed by atoms with E-state index in [1.165, 1.54) is 30.3 Å². The summed E-state index contributed by atoms with van der Waals surface area (Å²) in [7, 11) is -3.69. The van der Waals surface area contributed by atoms with Gasteiger partial charge in [-0.15, -0.1) is 13.2 Å². The molecule has 152 valence electrons. The maximum Gasteiger partial charge on any atom is 0.573 e. The number of halogens is 3. The molecular weight excluding hydrogens is 397 g/mol. The van der Waals surface area contributed by atoms with Crippen molar-refractivity contribution in [1.29, 1.82) is 0 Å². The van der Waals surface area contributed by atoms with Gasteiger partial charge < -0.3 is 15.8 Å². The number of alkyl halides is 3. The van der Waals surface area contributed by atoms with E-state index in [1.54, 1.807) is 12.1 Å². The summed E-state index contributed by atoms with van der Waals surface area (Å²) in [5, 5.41) is 2.49. The molecule has 0 aromatic heterocycles. The highest BCUT2D eigenvalue weighted by Crippen LogP contribution is 2.29. The van der Waals surface area contributed by atoms with Gasteiger partial charge in [0.2, 0.25) is 10.0 Å². The maximum absolute atomic E-state index is 12.4. The number of para-hydroxylation sites is 2. The van der Waals surface area contributed by atoms with Crippen molar-refractivity contribution in [3.05, 3.63) is 54.1 Å². The lowest BCUT2D eigenvalue weighted by Crippen LogP contribution is -2.29. The molecule has 0 amide bonds. The summed E-state index contributed by atoms with van der Waals surface area (Å²) in [5.74, 6) is -0.652. The molecule has 2 rings (SSSR count). The van der Waals surface area contributed by atoms with Gasteiger partial charge in [-0.3, -0.25) is 4.99 Å². The van der Waals surface area contributed by atoms with E-state index in [0.29, 0.717) is 0 Å². The molecule has 0 saturated heterocycles. The molecule has 2 aromatic carbocycles. The Hall–Kier alpha value is -2.79. The lowest BCUT2D eigenvalue weighted by atomic mass is 10.2. The average molecular weight is 416 g/mol. The van der Waals surface area contributed by atoms with Crippen LogP contribution in [0.3, 0.4) is 0 Å². The van der Waals surface area contributed by atoms with Gasteiger partial charge in [0.25, 0.3) is 0 Å². The fourth-order valence-corrected chi connectivity index (χ4v) is 3.14. The molecule has 28 heavy (non-hydrogen) atoms. The molecule has 7 nitrogen and oxygen atoms in total. The molecular formula is C17H19F3N4O3S. The highest BCUT2D eigenvalue weighted by molar-refractivity contribution is 7.89. The smallest absolute Gasteiger partial charge is 0.404 e. The van der Waals surface area contributed by atoms with Gasteiger partial charge in [-0.25, -0.2) is 13.1 Å². The first-order valence-corrected chi connectivity index (χ1v) is 9.53. The minimum Gasteiger partial charge on any atom is -0.404 e. The second kappa shape index (κ2) is 8.93. The minimum atomic E-state index is -4.85. The standard InChI is InChI=1S/C17H19F3N4O3S/c1-12-6-8-13(9-7-12)28(25,26)23-11-10-22-16(21)24-14-4-2-3-5-15(14)27-17(18,19)20/h2-9,23H,10-11H2,1H3,(H3,21,22,24). The zero-order chi connectivity index (χ0) is 20.8. The van der Waals surface area contributed by atoms with Crippen LogP contribution in [0.15, 0.2) is 58.4 Å². The number of ether oxygens (including phenoxy) is 1. The first kappa shape index (κ1) is 21.5. The van der Waals surface area contributed by atoms with Crippen LogP contribution in [0.25, 0.3) is 0 Å². The van der Waals surface area contributed by atoms with Crippen molar-refractivity contribution in [2.24, 2.45) is 10.7 Å². The summed E-state index contributed by atoms with van der Waals surface area (Å²) in [6.07, 6.45) is -4.85. The van der Waals surface area contributed by atoms with Gasteiger partial charge in [0.05, 0.1) is 17.1 Å². The van der Waals surface area contributed by atoms with Crippen LogP contribution in [-0.2, 0) is 10.0 Å². The Labute approximate surface area is 160 Å². The Morgan fingerprint density at radius 3 is 2.43 bits per heavy atom. The van der Waals surface area contributed by atoms with Gasteiger partial charge in [0.15, 0.2) is 11.7 Å². The highest BCUT2D eigenvalue weighted by atomic mass is 32.2. The molecule has 0 bridgehead atoms. The monoisotopic (exact) mass is 416 g/mol. The lowest BCUT2D eigenvalue weighted by Gasteiger charge is -2.14. The van der Waals surface area contributed by atoms with E-state index < -0.39 is 22.1 Å². The number of nitrogens with two attached hydrogens (primary N) is 1. The van der Waals surface area contributed by atoms with Crippen LogP contribution < -0.4 is 20.5 Å². The molecule has 0 unspecified atom stereocenters. The van der Waals surface area contributed by atoms with Gasteiger partial charge in [0.1, 0.15) is 0 Å². The Bertz CT molecular complexity index is 929. The Morgan fingerprint density at radius 1 is 1.14 bits per heavy atom. The summed E-state index contributed by atoms with van der Waals surface area (Å²) in [4.78, 5) is 4.00. The van der Waals surface area contributed by atoms with Crippen molar-refractivity contribution in [3.8, 4) is 5.75 Å². The molecule has 4 N–H and O–H groups in total. The molecule has 11 heteroatoms. The quantitative estimate of drug-likeness (QED) is 0.366. The zero-order valence-electron chi connectivity index (χ0n) is 14.8. The van der Waals surface area contributed by atoms with E-state index in [4.69, 9.17) is 5.73 Å². The van der Waals surface area contributed by atoms with Gasteiger partial charge in [-0.05, 0) is 31.2 Å². The highest BCUT2D eigenvalue weighted by Gasteiger charge is 2.32. The number of nitrogens with zero attached hydrogens (tertiary/aromatic N) is 1. The first-order chi connectivity index (χ1) is 13.1. The number of aliphatic imine (C=N–C) groups is 1. The maximum atomic E-state index is 12.4. The second-order valence-electron chi connectivity index (χ2n) is 5.65. The predicted molar refractivity (Wildman–Crippen MR) is 99.6 cm³/mol. The SMILES string of the molecule is Cc1ccc(S(=O)(=O)NCCN=C(N)Nc2ccccc2OC(F)(F)F)cc1. The van der Waals surface area contributed by atoms with E-state index in [2.05, 4.69) is 19.8 Å². The summed E-state index contributed by atoms with van der Waals surface area (Å²) < 4.78 is 67.7. The number of guanidine groups is 1. The second-order valence-corrected chi connectivity index (χ2v) is 7.41. The Morgan fingerprint density at radius 2 is 1.79 bits per heavy atom. The fraction of sp³-hybridized carbons (Fsp3) is 0.235. The van der Waals surface area contributed by atoms with E-state index >= 15 is 0 Å². The minimum absolute atomic E-state index is 0.0216. The molecule has 0 atom stereocenters. The number of hydrogen-bond acceptors (Lipinski definition) is 4. The van der Waals surface area contributed by atoms with Crippen LogP contribution >= 0.6 is 0 Å². The van der Waals surface area contributed by atoms with Gasteiger partial charge in [-0.2, -0.15) is 0 Å². The normalized spacial score (nSPS) is 12.6. The summed E-state index contributed by atoms with van der Waals surface area (Å²) >= 11 is 0. The number of nitrogens with one attached hydrogen (secondary N) is 2. The van der Waals surface area contributed by atoms with Crippen molar-refractivity contribution >= 4 is 21.7 Å². The van der Waals surface area contributed by atoms with E-state index in [1.807, 2.05) is 6.92 Å². The average Bonchev–Trinajstić information content (AvgIpc) is 2.60. The van der Waals surface area contributed by atoms with Crippen LogP contribution in [0, 0.1) is 6.92 Å². The predicted octanol–water partition coefficient (Wildman–Crippen LogP) is 2.60. The number of benzene rings is 2. The van der Waals surface area contributed by atoms with Crippen LogP contribution in [0.1, 0.15) is 5.56 Å². The van der Waals surface area contributed by atoms with Crippen molar-refractivity contribution in [2.45, 2.75) is 18.2 Å². The van der Waals surface area contributed by atoms with Gasteiger partial charge >= 0.3 is 6.36 Å². The molecule has 0 aliphatic carbocycles. The Kier molecular flexibility index (Phi) is 6.86. The molecule has 0 fully saturated rings. The molecule has 0 aliphatic rings. The van der Waals surface area contributed by atoms with Crippen molar-refractivity contribution < 1.29 is 26.3 Å². The number of anilines is 1. The third kappa shape index (κ3) is 6.74. The van der Waals surface area contributed by atoms with Crippen LogP contribution in [-0.4, -0.2) is 33.8 Å². The molecule has 0 spiro atoms. The van der Waals surface area contributed by atoms with Gasteiger partial charge in [-0.1, -0.05) is 29.8 Å². The third-order valence-electron chi connectivity index (χ3n) is 3.39. The van der Waals surface area contributed by atoms with Crippen molar-refractivity contribution in [2.75, 3.05) is 18.4 Å². The molecule has 0 saturated carbocycles. The summed E-state index contributed by atoms with van der Waals surface area (Å²) in [6, 6.07) is 11.6.